The van der Waals surface area contributed by atoms with Crippen molar-refractivity contribution in [2.45, 2.75) is 38.4 Å². The van der Waals surface area contributed by atoms with Crippen LogP contribution in [0.25, 0.3) is 0 Å². The Morgan fingerprint density at radius 2 is 1.87 bits per heavy atom. The first kappa shape index (κ1) is 13.9. The summed E-state index contributed by atoms with van der Waals surface area (Å²) < 4.78 is 4.40. The molecule has 2 atom stereocenters. The van der Waals surface area contributed by atoms with Crippen molar-refractivity contribution in [3.8, 4) is 0 Å². The number of hydrogen-bond acceptors (Lipinski definition) is 5. The molecule has 0 unspecified atom stereocenters. The summed E-state index contributed by atoms with van der Waals surface area (Å²) in [5.74, 6) is -0.417. The van der Waals surface area contributed by atoms with Gasteiger partial charge in [0.1, 0.15) is 0 Å². The Hall–Kier alpha value is -1.14. The average Bonchev–Trinajstić information content (AvgIpc) is 2.16. The van der Waals surface area contributed by atoms with E-state index in [0.29, 0.717) is 6.42 Å². The maximum absolute atomic E-state index is 11.4. The smallest absolute Gasteiger partial charge is 0.408 e. The van der Waals surface area contributed by atoms with Crippen LogP contribution >= 0.6 is 0 Å². The Kier molecular flexibility index (Phi) is 4.24. The number of Topliss-reactive ketones (excluding diaryl/α,β-unsaturated/α-hetero) is 1. The van der Waals surface area contributed by atoms with E-state index in [1.807, 2.05) is 0 Å². The van der Waals surface area contributed by atoms with Gasteiger partial charge in [0.15, 0.2) is 11.4 Å². The lowest BCUT2D eigenvalue weighted by Gasteiger charge is -2.41. The lowest BCUT2D eigenvalue weighted by molar-refractivity contribution is -0.125. The molecule has 0 radical (unpaired) electrons. The quantitative estimate of drug-likeness (QED) is 0.561. The van der Waals surface area contributed by atoms with Crippen molar-refractivity contribution in [3.63, 3.8) is 0 Å². The fourth-order valence-corrected chi connectivity index (χ4v) is 1.12. The number of amides is 1. The zero-order valence-electron chi connectivity index (χ0n) is 9.59. The van der Waals surface area contributed by atoms with Crippen LogP contribution < -0.4 is 16.8 Å². The molecule has 15 heavy (non-hydrogen) atoms. The molecule has 0 aliphatic carbocycles. The number of rotatable bonds is 4. The molecule has 88 valence electrons. The molecule has 5 N–H and O–H groups in total. The fraction of sp³-hybridized carbons (Fsp3) is 0.778. The van der Waals surface area contributed by atoms with Crippen molar-refractivity contribution in [3.05, 3.63) is 0 Å². The Bertz CT molecular complexity index is 265. The maximum atomic E-state index is 11.4. The normalized spacial score (nSPS) is 18.5. The molecule has 0 aliphatic rings. The molecule has 0 heterocycles. The van der Waals surface area contributed by atoms with Crippen LogP contribution in [0, 0.1) is 0 Å². The number of ketones is 1. The molecule has 0 aromatic carbocycles. The van der Waals surface area contributed by atoms with Gasteiger partial charge in [-0.15, -0.1) is 0 Å². The number of nitrogens with one attached hydrogen (secondary N) is 1. The van der Waals surface area contributed by atoms with Gasteiger partial charge in [0, 0.05) is 0 Å². The minimum atomic E-state index is -1.62. The van der Waals surface area contributed by atoms with Crippen LogP contribution in [0.2, 0.25) is 0 Å². The molecule has 0 bridgehead atoms. The van der Waals surface area contributed by atoms with Crippen molar-refractivity contribution in [2.75, 3.05) is 7.11 Å². The van der Waals surface area contributed by atoms with E-state index in [9.17, 15) is 9.59 Å². The molecule has 1 amide bonds. The van der Waals surface area contributed by atoms with Crippen molar-refractivity contribution in [2.24, 2.45) is 11.5 Å². The number of nitrogens with two attached hydrogens (primary N) is 2. The van der Waals surface area contributed by atoms with Crippen molar-refractivity contribution in [1.29, 1.82) is 0 Å². The van der Waals surface area contributed by atoms with Gasteiger partial charge in [-0.1, -0.05) is 6.92 Å². The molecule has 0 rings (SSSR count). The Labute approximate surface area is 89.3 Å². The topological polar surface area (TPSA) is 107 Å². The Morgan fingerprint density at radius 1 is 1.40 bits per heavy atom. The van der Waals surface area contributed by atoms with Gasteiger partial charge in [0.05, 0.1) is 12.6 Å². The number of carbonyl (C=O) groups excluding carboxylic acids is 2. The molecule has 0 aromatic rings. The summed E-state index contributed by atoms with van der Waals surface area (Å²) >= 11 is 0. The van der Waals surface area contributed by atoms with Crippen molar-refractivity contribution >= 4 is 11.9 Å². The molecule has 6 heteroatoms. The zero-order chi connectivity index (χ0) is 12.3. The molecular weight excluding hydrogens is 198 g/mol. The Balaban J connectivity index is 5.07. The average molecular weight is 217 g/mol. The third-order valence-electron chi connectivity index (χ3n) is 2.68. The third-order valence-corrected chi connectivity index (χ3v) is 2.68. The molecule has 0 saturated carbocycles. The van der Waals surface area contributed by atoms with Crippen LogP contribution in [0.1, 0.15) is 27.2 Å². The summed E-state index contributed by atoms with van der Waals surface area (Å²) in [4.78, 5) is 22.5. The molecule has 0 saturated heterocycles. The fourth-order valence-electron chi connectivity index (χ4n) is 1.12. The van der Waals surface area contributed by atoms with Crippen LogP contribution in [-0.4, -0.2) is 30.2 Å². The van der Waals surface area contributed by atoms with Gasteiger partial charge in [-0.25, -0.2) is 4.79 Å². The monoisotopic (exact) mass is 217 g/mol. The van der Waals surface area contributed by atoms with Gasteiger partial charge < -0.3 is 16.2 Å². The van der Waals surface area contributed by atoms with Crippen LogP contribution in [0.4, 0.5) is 4.79 Å². The van der Waals surface area contributed by atoms with Crippen molar-refractivity contribution in [1.82, 2.24) is 5.32 Å². The first-order valence-electron chi connectivity index (χ1n) is 4.66. The van der Waals surface area contributed by atoms with Crippen LogP contribution in [-0.2, 0) is 9.53 Å². The predicted molar refractivity (Wildman–Crippen MR) is 56.0 cm³/mol. The first-order chi connectivity index (χ1) is 6.71. The highest BCUT2D eigenvalue weighted by molar-refractivity contribution is 5.90. The highest BCUT2D eigenvalue weighted by atomic mass is 16.5. The van der Waals surface area contributed by atoms with E-state index in [-0.39, 0.29) is 0 Å². The summed E-state index contributed by atoms with van der Waals surface area (Å²) in [6, 6.07) is 0. The standard InChI is InChI=1S/C9H19N3O3/c1-5-8(3,10)9(11,6(2)13)12-7(14)15-4/h5,10-11H2,1-4H3,(H,12,14)/t8-,9+/m0/s1. The van der Waals surface area contributed by atoms with Gasteiger partial charge in [-0.2, -0.15) is 0 Å². The second kappa shape index (κ2) is 4.59. The molecule has 0 aliphatic heterocycles. The summed E-state index contributed by atoms with van der Waals surface area (Å²) in [7, 11) is 1.19. The lowest BCUT2D eigenvalue weighted by atomic mass is 9.82. The van der Waals surface area contributed by atoms with E-state index in [1.54, 1.807) is 13.8 Å². The highest BCUT2D eigenvalue weighted by Crippen LogP contribution is 2.19. The van der Waals surface area contributed by atoms with E-state index in [4.69, 9.17) is 11.5 Å². The van der Waals surface area contributed by atoms with Crippen LogP contribution in [0.15, 0.2) is 0 Å². The second-order valence-electron chi connectivity index (χ2n) is 3.75. The summed E-state index contributed by atoms with van der Waals surface area (Å²) in [5, 5.41) is 2.28. The van der Waals surface area contributed by atoms with Crippen molar-refractivity contribution < 1.29 is 14.3 Å². The zero-order valence-corrected chi connectivity index (χ0v) is 9.59. The van der Waals surface area contributed by atoms with Crippen LogP contribution in [0.5, 0.6) is 0 Å². The number of hydrogen-bond donors (Lipinski definition) is 3. The molecule has 0 fully saturated rings. The van der Waals surface area contributed by atoms with Crippen LogP contribution in [0.3, 0.4) is 0 Å². The number of methoxy groups -OCH3 is 1. The number of carbonyl (C=O) groups is 2. The van der Waals surface area contributed by atoms with Gasteiger partial charge in [0.25, 0.3) is 0 Å². The van der Waals surface area contributed by atoms with Gasteiger partial charge in [0.2, 0.25) is 0 Å². The van der Waals surface area contributed by atoms with Gasteiger partial charge >= 0.3 is 6.09 Å². The molecule has 0 aromatic heterocycles. The van der Waals surface area contributed by atoms with Gasteiger partial charge in [-0.05, 0) is 20.3 Å². The van der Waals surface area contributed by atoms with E-state index >= 15 is 0 Å². The Morgan fingerprint density at radius 3 is 2.13 bits per heavy atom. The minimum Gasteiger partial charge on any atom is -0.453 e. The van der Waals surface area contributed by atoms with E-state index in [2.05, 4.69) is 10.1 Å². The number of alkyl carbamates (subject to hydrolysis) is 1. The predicted octanol–water partition coefficient (Wildman–Crippen LogP) is -0.286. The van der Waals surface area contributed by atoms with Gasteiger partial charge in [-0.3, -0.25) is 10.1 Å². The third kappa shape index (κ3) is 2.66. The maximum Gasteiger partial charge on any atom is 0.408 e. The number of ether oxygens (including phenoxy) is 1. The van der Waals surface area contributed by atoms with E-state index in [1.165, 1.54) is 14.0 Å². The largest absolute Gasteiger partial charge is 0.453 e. The molecule has 6 nitrogen and oxygen atoms in total. The first-order valence-corrected chi connectivity index (χ1v) is 4.66. The highest BCUT2D eigenvalue weighted by Gasteiger charge is 2.47. The summed E-state index contributed by atoms with van der Waals surface area (Å²) in [6.45, 7) is 4.66. The van der Waals surface area contributed by atoms with E-state index in [0.717, 1.165) is 0 Å². The molecule has 0 spiro atoms. The molecular formula is C9H19N3O3. The SMILES string of the molecule is CC[C@](C)(N)[C@](N)(NC(=O)OC)C(C)=O. The van der Waals surface area contributed by atoms with E-state index < -0.39 is 23.1 Å². The lowest BCUT2D eigenvalue weighted by Crippen LogP contribution is -2.76. The minimum absolute atomic E-state index is 0.417. The summed E-state index contributed by atoms with van der Waals surface area (Å²) in [5.41, 5.74) is 9.05. The summed E-state index contributed by atoms with van der Waals surface area (Å²) in [6.07, 6.45) is -0.342. The second-order valence-corrected chi connectivity index (χ2v) is 3.75.